The molecule has 0 amide bonds. The van der Waals surface area contributed by atoms with Gasteiger partial charge >= 0.3 is 0 Å². The molecule has 1 N–H and O–H groups in total. The third-order valence-electron chi connectivity index (χ3n) is 3.26. The highest BCUT2D eigenvalue weighted by Crippen LogP contribution is 2.28. The molecule has 2 aromatic carbocycles. The summed E-state index contributed by atoms with van der Waals surface area (Å²) in [6, 6.07) is 12.3. The molecule has 2 heteroatoms. The summed E-state index contributed by atoms with van der Waals surface area (Å²) in [5.74, 6) is 0.888. The molecule has 94 valence electrons. The van der Waals surface area contributed by atoms with Gasteiger partial charge in [-0.2, -0.15) is 0 Å². The van der Waals surface area contributed by atoms with Gasteiger partial charge in [0.2, 0.25) is 0 Å². The molecule has 0 atom stereocenters. The van der Waals surface area contributed by atoms with Crippen molar-refractivity contribution in [3.63, 3.8) is 0 Å². The van der Waals surface area contributed by atoms with Crippen LogP contribution >= 0.6 is 0 Å². The van der Waals surface area contributed by atoms with Crippen molar-refractivity contribution in [3.8, 4) is 16.9 Å². The fraction of sp³-hybridized carbons (Fsp3) is 0.250. The average Bonchev–Trinajstić information content (AvgIpc) is 2.40. The Bertz CT molecular complexity index is 508. The van der Waals surface area contributed by atoms with Crippen LogP contribution in [0.1, 0.15) is 16.7 Å². The molecule has 18 heavy (non-hydrogen) atoms. The number of methoxy groups -OCH3 is 1. The molecule has 0 saturated heterocycles. The normalized spacial score (nSPS) is 10.4. The highest BCUT2D eigenvalue weighted by atomic mass is 16.5. The van der Waals surface area contributed by atoms with E-state index >= 15 is 0 Å². The van der Waals surface area contributed by atoms with E-state index in [0.717, 1.165) is 33.6 Å². The van der Waals surface area contributed by atoms with Crippen molar-refractivity contribution < 1.29 is 9.84 Å². The lowest BCUT2D eigenvalue weighted by atomic mass is 9.99. The molecular weight excluding hydrogens is 224 g/mol. The van der Waals surface area contributed by atoms with E-state index < -0.39 is 0 Å². The summed E-state index contributed by atoms with van der Waals surface area (Å²) < 4.78 is 5.34. The zero-order valence-corrected chi connectivity index (χ0v) is 11.0. The van der Waals surface area contributed by atoms with Crippen LogP contribution in [-0.4, -0.2) is 12.2 Å². The first-order chi connectivity index (χ1) is 8.65. The molecule has 0 aliphatic carbocycles. The lowest BCUT2D eigenvalue weighted by molar-refractivity contribution is 0.281. The number of benzene rings is 2. The van der Waals surface area contributed by atoms with E-state index in [1.54, 1.807) is 7.11 Å². The molecule has 0 saturated carbocycles. The van der Waals surface area contributed by atoms with E-state index in [2.05, 4.69) is 12.1 Å². The summed E-state index contributed by atoms with van der Waals surface area (Å²) in [5, 5.41) is 9.31. The largest absolute Gasteiger partial charge is 0.496 e. The van der Waals surface area contributed by atoms with Crippen LogP contribution in [0.15, 0.2) is 36.4 Å². The quantitative estimate of drug-likeness (QED) is 0.893. The third kappa shape index (κ3) is 2.39. The monoisotopic (exact) mass is 242 g/mol. The molecule has 0 heterocycles. The molecule has 2 nitrogen and oxygen atoms in total. The summed E-state index contributed by atoms with van der Waals surface area (Å²) in [4.78, 5) is 0. The van der Waals surface area contributed by atoms with Gasteiger partial charge in [0.15, 0.2) is 0 Å². The van der Waals surface area contributed by atoms with E-state index in [0.29, 0.717) is 0 Å². The summed E-state index contributed by atoms with van der Waals surface area (Å²) in [6.07, 6.45) is 0. The number of rotatable bonds is 3. The summed E-state index contributed by atoms with van der Waals surface area (Å²) in [6.45, 7) is 4.10. The van der Waals surface area contributed by atoms with Gasteiger partial charge in [-0.3, -0.25) is 0 Å². The number of aliphatic hydroxyl groups is 1. The maximum absolute atomic E-state index is 9.31. The molecule has 0 unspecified atom stereocenters. The van der Waals surface area contributed by atoms with Crippen LogP contribution in [0.5, 0.6) is 5.75 Å². The summed E-state index contributed by atoms with van der Waals surface area (Å²) in [5.41, 5.74) is 5.40. The smallest absolute Gasteiger partial charge is 0.122 e. The second-order valence-corrected chi connectivity index (χ2v) is 4.48. The number of aliphatic hydroxyl groups excluding tert-OH is 1. The lowest BCUT2D eigenvalue weighted by Crippen LogP contribution is -1.91. The van der Waals surface area contributed by atoms with Crippen molar-refractivity contribution in [2.75, 3.05) is 7.11 Å². The standard InChI is InChI=1S/C16H18O2/c1-11-4-6-13(8-15(11)10-17)14-7-5-12(2)16(9-14)18-3/h4-9,17H,10H2,1-3H3. The van der Waals surface area contributed by atoms with Crippen molar-refractivity contribution in [1.82, 2.24) is 0 Å². The fourth-order valence-corrected chi connectivity index (χ4v) is 2.02. The Kier molecular flexibility index (Phi) is 3.68. The van der Waals surface area contributed by atoms with Crippen molar-refractivity contribution in [2.24, 2.45) is 0 Å². The molecule has 0 aromatic heterocycles. The predicted octanol–water partition coefficient (Wildman–Crippen LogP) is 3.47. The van der Waals surface area contributed by atoms with Crippen LogP contribution in [0.3, 0.4) is 0 Å². The molecule has 2 rings (SSSR count). The minimum absolute atomic E-state index is 0.0721. The zero-order valence-electron chi connectivity index (χ0n) is 11.0. The predicted molar refractivity (Wildman–Crippen MR) is 73.8 cm³/mol. The van der Waals surface area contributed by atoms with Crippen LogP contribution in [0.4, 0.5) is 0 Å². The minimum atomic E-state index is 0.0721. The second kappa shape index (κ2) is 5.23. The molecule has 0 aliphatic rings. The van der Waals surface area contributed by atoms with E-state index in [1.165, 1.54) is 0 Å². The van der Waals surface area contributed by atoms with Crippen LogP contribution in [0, 0.1) is 13.8 Å². The highest BCUT2D eigenvalue weighted by Gasteiger charge is 2.05. The first-order valence-corrected chi connectivity index (χ1v) is 6.01. The maximum Gasteiger partial charge on any atom is 0.122 e. The van der Waals surface area contributed by atoms with Gasteiger partial charge in [0.05, 0.1) is 13.7 Å². The summed E-state index contributed by atoms with van der Waals surface area (Å²) >= 11 is 0. The Labute approximate surface area is 108 Å². The Morgan fingerprint density at radius 2 is 1.56 bits per heavy atom. The molecule has 0 radical (unpaired) electrons. The third-order valence-corrected chi connectivity index (χ3v) is 3.26. The van der Waals surface area contributed by atoms with Gasteiger partial charge in [0.25, 0.3) is 0 Å². The minimum Gasteiger partial charge on any atom is -0.496 e. The van der Waals surface area contributed by atoms with Crippen molar-refractivity contribution in [3.05, 3.63) is 53.1 Å². The van der Waals surface area contributed by atoms with Gasteiger partial charge in [0.1, 0.15) is 5.75 Å². The SMILES string of the molecule is COc1cc(-c2ccc(C)c(CO)c2)ccc1C. The van der Waals surface area contributed by atoms with Crippen LogP contribution in [-0.2, 0) is 6.61 Å². The molecular formula is C16H18O2. The van der Waals surface area contributed by atoms with Gasteiger partial charge in [-0.05, 0) is 53.8 Å². The number of ether oxygens (including phenoxy) is 1. The van der Waals surface area contributed by atoms with Gasteiger partial charge < -0.3 is 9.84 Å². The Hall–Kier alpha value is -1.80. The number of hydrogen-bond donors (Lipinski definition) is 1. The zero-order chi connectivity index (χ0) is 13.1. The molecule has 0 bridgehead atoms. The van der Waals surface area contributed by atoms with Gasteiger partial charge in [-0.25, -0.2) is 0 Å². The van der Waals surface area contributed by atoms with Crippen molar-refractivity contribution >= 4 is 0 Å². The van der Waals surface area contributed by atoms with Gasteiger partial charge in [-0.15, -0.1) is 0 Å². The number of aryl methyl sites for hydroxylation is 2. The van der Waals surface area contributed by atoms with E-state index in [4.69, 9.17) is 4.74 Å². The van der Waals surface area contributed by atoms with Crippen molar-refractivity contribution in [2.45, 2.75) is 20.5 Å². The van der Waals surface area contributed by atoms with Gasteiger partial charge in [-0.1, -0.05) is 24.3 Å². The molecule has 2 aromatic rings. The van der Waals surface area contributed by atoms with Crippen molar-refractivity contribution in [1.29, 1.82) is 0 Å². The Morgan fingerprint density at radius 1 is 0.944 bits per heavy atom. The van der Waals surface area contributed by atoms with Crippen LogP contribution < -0.4 is 4.74 Å². The number of hydrogen-bond acceptors (Lipinski definition) is 2. The van der Waals surface area contributed by atoms with E-state index in [1.807, 2.05) is 38.1 Å². The highest BCUT2D eigenvalue weighted by molar-refractivity contribution is 5.67. The van der Waals surface area contributed by atoms with E-state index in [-0.39, 0.29) is 6.61 Å². The fourth-order valence-electron chi connectivity index (χ4n) is 2.02. The molecule has 0 spiro atoms. The molecule has 0 fully saturated rings. The Morgan fingerprint density at radius 3 is 2.17 bits per heavy atom. The first kappa shape index (κ1) is 12.7. The topological polar surface area (TPSA) is 29.5 Å². The second-order valence-electron chi connectivity index (χ2n) is 4.48. The Balaban J connectivity index is 2.48. The first-order valence-electron chi connectivity index (χ1n) is 6.01. The summed E-state index contributed by atoms with van der Waals surface area (Å²) in [7, 11) is 1.68. The molecule has 0 aliphatic heterocycles. The van der Waals surface area contributed by atoms with E-state index in [9.17, 15) is 5.11 Å². The van der Waals surface area contributed by atoms with Gasteiger partial charge in [0, 0.05) is 0 Å². The lowest BCUT2D eigenvalue weighted by Gasteiger charge is -2.10. The average molecular weight is 242 g/mol. The van der Waals surface area contributed by atoms with Crippen LogP contribution in [0.2, 0.25) is 0 Å². The maximum atomic E-state index is 9.31. The van der Waals surface area contributed by atoms with Crippen LogP contribution in [0.25, 0.3) is 11.1 Å².